The van der Waals surface area contributed by atoms with Gasteiger partial charge < -0.3 is 5.73 Å². The minimum Gasteiger partial charge on any atom is -0.387 e. The molecule has 0 aromatic carbocycles. The molecule has 0 atom stereocenters. The van der Waals surface area contributed by atoms with E-state index in [9.17, 15) is 8.42 Å². The van der Waals surface area contributed by atoms with Gasteiger partial charge in [0.05, 0.1) is 11.3 Å². The van der Waals surface area contributed by atoms with Crippen molar-refractivity contribution in [3.63, 3.8) is 0 Å². The van der Waals surface area contributed by atoms with Gasteiger partial charge in [-0.2, -0.15) is 4.31 Å². The molecule has 1 saturated carbocycles. The van der Waals surface area contributed by atoms with E-state index in [0.29, 0.717) is 0 Å². The maximum absolute atomic E-state index is 12.4. The average molecular weight is 261 g/mol. The van der Waals surface area contributed by atoms with Gasteiger partial charge in [0, 0.05) is 6.04 Å². The molecule has 0 amide bonds. The van der Waals surface area contributed by atoms with Gasteiger partial charge in [-0.15, -0.1) is 0 Å². The van der Waals surface area contributed by atoms with Crippen molar-refractivity contribution in [2.24, 2.45) is 5.73 Å². The zero-order chi connectivity index (χ0) is 13.3. The molecule has 1 aliphatic rings. The lowest BCUT2D eigenvalue weighted by Crippen LogP contribution is -2.50. The Balaban J connectivity index is 3.01. The van der Waals surface area contributed by atoms with Gasteiger partial charge in [-0.05, 0) is 33.6 Å². The molecule has 1 aliphatic carbocycles. The Morgan fingerprint density at radius 3 is 2.18 bits per heavy atom. The lowest BCUT2D eigenvalue weighted by molar-refractivity contribution is 0.342. The largest absolute Gasteiger partial charge is 0.387 e. The molecule has 17 heavy (non-hydrogen) atoms. The van der Waals surface area contributed by atoms with Gasteiger partial charge in [0.25, 0.3) is 0 Å². The summed E-state index contributed by atoms with van der Waals surface area (Å²) < 4.78 is 25.5. The van der Waals surface area contributed by atoms with E-state index < -0.39 is 14.8 Å². The highest BCUT2D eigenvalue weighted by atomic mass is 32.2. The van der Waals surface area contributed by atoms with E-state index >= 15 is 0 Å². The zero-order valence-corrected chi connectivity index (χ0v) is 11.7. The first-order chi connectivity index (χ1) is 7.66. The summed E-state index contributed by atoms with van der Waals surface area (Å²) in [6, 6.07) is 0.0168. The van der Waals surface area contributed by atoms with Crippen molar-refractivity contribution >= 4 is 15.9 Å². The number of nitrogens with zero attached hydrogens (tertiary/aromatic N) is 1. The van der Waals surface area contributed by atoms with Crippen LogP contribution in [-0.2, 0) is 10.0 Å². The molecule has 6 heteroatoms. The van der Waals surface area contributed by atoms with Crippen molar-refractivity contribution in [2.75, 3.05) is 6.54 Å². The fourth-order valence-corrected chi connectivity index (χ4v) is 3.74. The number of rotatable bonds is 4. The van der Waals surface area contributed by atoms with Gasteiger partial charge in [0.2, 0.25) is 10.0 Å². The molecule has 0 unspecified atom stereocenters. The summed E-state index contributed by atoms with van der Waals surface area (Å²) in [5.41, 5.74) is 5.38. The monoisotopic (exact) mass is 261 g/mol. The maximum atomic E-state index is 12.4. The van der Waals surface area contributed by atoms with E-state index in [1.165, 1.54) is 4.31 Å². The third-order valence-corrected chi connectivity index (χ3v) is 5.73. The van der Waals surface area contributed by atoms with Crippen LogP contribution in [0.4, 0.5) is 0 Å². The second kappa shape index (κ2) is 4.94. The third-order valence-electron chi connectivity index (χ3n) is 3.14. The van der Waals surface area contributed by atoms with E-state index in [0.717, 1.165) is 25.7 Å². The molecule has 100 valence electrons. The van der Waals surface area contributed by atoms with E-state index in [2.05, 4.69) is 0 Å². The molecule has 3 N–H and O–H groups in total. The Kier molecular flexibility index (Phi) is 4.19. The summed E-state index contributed by atoms with van der Waals surface area (Å²) in [7, 11) is -3.40. The normalized spacial score (nSPS) is 18.8. The summed E-state index contributed by atoms with van der Waals surface area (Å²) in [5, 5.41) is 7.34. The Labute approximate surface area is 104 Å². The molecule has 0 bridgehead atoms. The highest BCUT2D eigenvalue weighted by Gasteiger charge is 2.40. The molecule has 0 spiro atoms. The minimum absolute atomic E-state index is 0.0168. The molecule has 0 heterocycles. The van der Waals surface area contributed by atoms with Crippen molar-refractivity contribution in [1.82, 2.24) is 4.31 Å². The fraction of sp³-hybridized carbons (Fsp3) is 0.909. The van der Waals surface area contributed by atoms with E-state index in [-0.39, 0.29) is 18.4 Å². The van der Waals surface area contributed by atoms with Crippen molar-refractivity contribution in [2.45, 2.75) is 57.2 Å². The molecule has 1 rings (SSSR count). The van der Waals surface area contributed by atoms with E-state index in [1.54, 1.807) is 20.8 Å². The molecular weight excluding hydrogens is 238 g/mol. The van der Waals surface area contributed by atoms with Crippen LogP contribution in [0.25, 0.3) is 0 Å². The predicted octanol–water partition coefficient (Wildman–Crippen LogP) is 1.30. The molecule has 0 aromatic heterocycles. The molecule has 0 aliphatic heterocycles. The lowest BCUT2D eigenvalue weighted by atomic mass is 10.2. The second-order valence-electron chi connectivity index (χ2n) is 5.63. The number of hydrogen-bond acceptors (Lipinski definition) is 3. The maximum Gasteiger partial charge on any atom is 0.219 e. The number of hydrogen-bond donors (Lipinski definition) is 2. The minimum atomic E-state index is -3.40. The molecular formula is C11H23N3O2S. The third kappa shape index (κ3) is 3.19. The molecule has 5 nitrogen and oxygen atoms in total. The summed E-state index contributed by atoms with van der Waals surface area (Å²) in [4.78, 5) is 0. The summed E-state index contributed by atoms with van der Waals surface area (Å²) in [6.45, 7) is 5.07. The van der Waals surface area contributed by atoms with Gasteiger partial charge >= 0.3 is 0 Å². The van der Waals surface area contributed by atoms with E-state index in [4.69, 9.17) is 11.1 Å². The Hall–Kier alpha value is -0.620. The number of nitrogens with one attached hydrogen (secondary N) is 1. The Morgan fingerprint density at radius 1 is 1.35 bits per heavy atom. The van der Waals surface area contributed by atoms with Crippen molar-refractivity contribution in [3.05, 3.63) is 0 Å². The van der Waals surface area contributed by atoms with Crippen LogP contribution in [0, 0.1) is 5.41 Å². The van der Waals surface area contributed by atoms with Crippen LogP contribution in [0.1, 0.15) is 46.5 Å². The first-order valence-corrected chi connectivity index (χ1v) is 7.44. The second-order valence-corrected chi connectivity index (χ2v) is 8.27. The number of sulfonamides is 1. The molecule has 1 fully saturated rings. The summed E-state index contributed by atoms with van der Waals surface area (Å²) >= 11 is 0. The smallest absolute Gasteiger partial charge is 0.219 e. The van der Waals surface area contributed by atoms with Crippen LogP contribution in [0.5, 0.6) is 0 Å². The molecule has 0 aromatic rings. The van der Waals surface area contributed by atoms with Crippen molar-refractivity contribution in [3.8, 4) is 0 Å². The molecule has 0 saturated heterocycles. The predicted molar refractivity (Wildman–Crippen MR) is 69.5 cm³/mol. The fourth-order valence-electron chi connectivity index (χ4n) is 2.12. The molecule has 0 radical (unpaired) electrons. The standard InChI is InChI=1S/C11H23N3O2S/c1-11(2,3)17(15,16)14(8-10(12)13)9-6-4-5-7-9/h9H,4-8H2,1-3H3,(H3,12,13). The van der Waals surface area contributed by atoms with Crippen molar-refractivity contribution < 1.29 is 8.42 Å². The van der Waals surface area contributed by atoms with E-state index in [1.807, 2.05) is 0 Å². The quantitative estimate of drug-likeness (QED) is 0.590. The SMILES string of the molecule is CC(C)(C)S(=O)(=O)N(CC(=N)N)C1CCCC1. The van der Waals surface area contributed by atoms with Gasteiger partial charge in [-0.25, -0.2) is 8.42 Å². The van der Waals surface area contributed by atoms with Gasteiger partial charge in [0.15, 0.2) is 0 Å². The van der Waals surface area contributed by atoms with Gasteiger partial charge in [-0.3, -0.25) is 5.41 Å². The first kappa shape index (κ1) is 14.4. The summed E-state index contributed by atoms with van der Waals surface area (Å²) in [5.74, 6) is -0.0928. The van der Waals surface area contributed by atoms with Crippen LogP contribution < -0.4 is 5.73 Å². The van der Waals surface area contributed by atoms with Crippen LogP contribution in [0.3, 0.4) is 0 Å². The summed E-state index contributed by atoms with van der Waals surface area (Å²) in [6.07, 6.45) is 3.86. The van der Waals surface area contributed by atoms with Crippen LogP contribution in [-0.4, -0.2) is 35.9 Å². The number of nitrogens with two attached hydrogens (primary N) is 1. The Morgan fingerprint density at radius 2 is 1.82 bits per heavy atom. The first-order valence-electron chi connectivity index (χ1n) is 6.00. The number of amidine groups is 1. The van der Waals surface area contributed by atoms with Crippen molar-refractivity contribution in [1.29, 1.82) is 5.41 Å². The highest BCUT2D eigenvalue weighted by molar-refractivity contribution is 7.90. The van der Waals surface area contributed by atoms with Crippen LogP contribution in [0.2, 0.25) is 0 Å². The lowest BCUT2D eigenvalue weighted by Gasteiger charge is -2.33. The van der Waals surface area contributed by atoms with Crippen LogP contribution >= 0.6 is 0 Å². The zero-order valence-electron chi connectivity index (χ0n) is 10.9. The average Bonchev–Trinajstić information content (AvgIpc) is 2.64. The van der Waals surface area contributed by atoms with Gasteiger partial charge in [-0.1, -0.05) is 12.8 Å². The topological polar surface area (TPSA) is 87.2 Å². The van der Waals surface area contributed by atoms with Crippen LogP contribution in [0.15, 0.2) is 0 Å². The highest BCUT2D eigenvalue weighted by Crippen LogP contribution is 2.30. The van der Waals surface area contributed by atoms with Gasteiger partial charge in [0.1, 0.15) is 5.84 Å². The Bertz CT molecular complexity index is 378.